The van der Waals surface area contributed by atoms with E-state index in [1.807, 2.05) is 13.8 Å². The quantitative estimate of drug-likeness (QED) is 0.855. The Labute approximate surface area is 123 Å². The molecule has 2 rings (SSSR count). The fourth-order valence-corrected chi connectivity index (χ4v) is 2.68. The molecule has 1 aromatic carbocycles. The highest BCUT2D eigenvalue weighted by Gasteiger charge is 2.18. The summed E-state index contributed by atoms with van der Waals surface area (Å²) in [4.78, 5) is 0. The summed E-state index contributed by atoms with van der Waals surface area (Å²) < 4.78 is 37.0. The third-order valence-electron chi connectivity index (χ3n) is 2.54. The second-order valence-electron chi connectivity index (χ2n) is 4.68. The largest absolute Gasteiger partial charge is 0.491 e. The van der Waals surface area contributed by atoms with Gasteiger partial charge in [0, 0.05) is 5.69 Å². The Morgan fingerprint density at radius 2 is 1.86 bits per heavy atom. The number of ether oxygens (including phenoxy) is 1. The molecule has 0 aliphatic carbocycles. The van der Waals surface area contributed by atoms with Crippen molar-refractivity contribution in [2.24, 2.45) is 0 Å². The zero-order valence-electron chi connectivity index (χ0n) is 11.7. The molecule has 0 aliphatic rings. The summed E-state index contributed by atoms with van der Waals surface area (Å²) in [7, 11) is -3.81. The topological polar surface area (TPSA) is 88.8 Å². The minimum atomic E-state index is -3.81. The van der Waals surface area contributed by atoms with Gasteiger partial charge >= 0.3 is 0 Å². The van der Waals surface area contributed by atoms with Gasteiger partial charge in [0.25, 0.3) is 10.0 Å². The molecule has 0 spiro atoms. The van der Waals surface area contributed by atoms with E-state index in [9.17, 15) is 8.42 Å². The van der Waals surface area contributed by atoms with Crippen LogP contribution in [0.2, 0.25) is 0 Å². The van der Waals surface area contributed by atoms with E-state index in [2.05, 4.69) is 4.72 Å². The van der Waals surface area contributed by atoms with Gasteiger partial charge in [0.15, 0.2) is 0 Å². The van der Waals surface area contributed by atoms with Crippen molar-refractivity contribution in [2.75, 3.05) is 4.72 Å². The van der Waals surface area contributed by atoms with Gasteiger partial charge in [0.1, 0.15) is 18.1 Å². The number of aliphatic hydroxyl groups is 1. The van der Waals surface area contributed by atoms with Gasteiger partial charge in [-0.15, -0.1) is 0 Å². The van der Waals surface area contributed by atoms with Crippen molar-refractivity contribution in [2.45, 2.75) is 31.7 Å². The van der Waals surface area contributed by atoms with Gasteiger partial charge < -0.3 is 14.3 Å². The highest BCUT2D eigenvalue weighted by atomic mass is 32.2. The number of sulfonamides is 1. The molecule has 114 valence electrons. The lowest BCUT2D eigenvalue weighted by Gasteiger charge is -2.10. The number of hydrogen-bond acceptors (Lipinski definition) is 5. The second-order valence-corrected chi connectivity index (χ2v) is 6.29. The highest BCUT2D eigenvalue weighted by molar-refractivity contribution is 7.92. The smallest absolute Gasteiger partial charge is 0.295 e. The number of rotatable bonds is 6. The molecule has 0 unspecified atom stereocenters. The molecule has 2 aromatic rings. The standard InChI is InChI=1S/C14H17NO5S/c1-10(2)19-12-5-3-11(4-6-12)15-21(17,18)14-8-7-13(9-16)20-14/h3-8,10,15-16H,9H2,1-2H3. The molecule has 7 heteroatoms. The second kappa shape index (κ2) is 6.19. The van der Waals surface area contributed by atoms with Crippen LogP contribution in [0.4, 0.5) is 5.69 Å². The van der Waals surface area contributed by atoms with Gasteiger partial charge in [-0.2, -0.15) is 8.42 Å². The Morgan fingerprint density at radius 3 is 2.38 bits per heavy atom. The molecular weight excluding hydrogens is 294 g/mol. The van der Waals surface area contributed by atoms with E-state index in [1.165, 1.54) is 12.1 Å². The van der Waals surface area contributed by atoms with Crippen LogP contribution in [0.15, 0.2) is 45.9 Å². The van der Waals surface area contributed by atoms with Crippen LogP contribution >= 0.6 is 0 Å². The lowest BCUT2D eigenvalue weighted by Crippen LogP contribution is -2.12. The van der Waals surface area contributed by atoms with Crippen LogP contribution in [0.25, 0.3) is 0 Å². The van der Waals surface area contributed by atoms with E-state index in [0.29, 0.717) is 11.4 Å². The fraction of sp³-hybridized carbons (Fsp3) is 0.286. The molecule has 6 nitrogen and oxygen atoms in total. The third-order valence-corrected chi connectivity index (χ3v) is 3.79. The highest BCUT2D eigenvalue weighted by Crippen LogP contribution is 2.21. The molecule has 0 saturated heterocycles. The molecule has 0 amide bonds. The zero-order chi connectivity index (χ0) is 15.5. The SMILES string of the molecule is CC(C)Oc1ccc(NS(=O)(=O)c2ccc(CO)o2)cc1. The maximum atomic E-state index is 12.1. The summed E-state index contributed by atoms with van der Waals surface area (Å²) >= 11 is 0. The van der Waals surface area contributed by atoms with Gasteiger partial charge in [0.2, 0.25) is 5.09 Å². The molecule has 21 heavy (non-hydrogen) atoms. The molecule has 0 fully saturated rings. The first-order valence-electron chi connectivity index (χ1n) is 6.40. The Balaban J connectivity index is 2.13. The van der Waals surface area contributed by atoms with Crippen LogP contribution in [0, 0.1) is 0 Å². The number of anilines is 1. The van der Waals surface area contributed by atoms with Crippen molar-refractivity contribution in [3.63, 3.8) is 0 Å². The molecule has 0 radical (unpaired) electrons. The minimum Gasteiger partial charge on any atom is -0.491 e. The van der Waals surface area contributed by atoms with E-state index in [4.69, 9.17) is 14.3 Å². The van der Waals surface area contributed by atoms with E-state index in [-0.39, 0.29) is 23.6 Å². The molecule has 2 N–H and O–H groups in total. The number of hydrogen-bond donors (Lipinski definition) is 2. The first-order valence-corrected chi connectivity index (χ1v) is 7.88. The average molecular weight is 311 g/mol. The maximum Gasteiger partial charge on any atom is 0.295 e. The van der Waals surface area contributed by atoms with Crippen LogP contribution in [0.3, 0.4) is 0 Å². The maximum absolute atomic E-state index is 12.1. The van der Waals surface area contributed by atoms with Crippen molar-refractivity contribution < 1.29 is 22.7 Å². The number of nitrogens with one attached hydrogen (secondary N) is 1. The number of benzene rings is 1. The van der Waals surface area contributed by atoms with Crippen LogP contribution in [0.1, 0.15) is 19.6 Å². The van der Waals surface area contributed by atoms with Crippen LogP contribution < -0.4 is 9.46 Å². The minimum absolute atomic E-state index is 0.0487. The average Bonchev–Trinajstić information content (AvgIpc) is 2.90. The van der Waals surface area contributed by atoms with Gasteiger partial charge in [-0.25, -0.2) is 0 Å². The Morgan fingerprint density at radius 1 is 1.19 bits per heavy atom. The predicted octanol–water partition coefficient (Wildman–Crippen LogP) is 2.36. The van der Waals surface area contributed by atoms with Gasteiger partial charge in [-0.1, -0.05) is 0 Å². The lowest BCUT2D eigenvalue weighted by molar-refractivity contribution is 0.236. The third kappa shape index (κ3) is 3.99. The van der Waals surface area contributed by atoms with Gasteiger partial charge in [0.05, 0.1) is 6.10 Å². The molecule has 0 saturated carbocycles. The molecule has 0 atom stereocenters. The molecule has 1 heterocycles. The summed E-state index contributed by atoms with van der Waals surface area (Å²) in [6.45, 7) is 3.47. The summed E-state index contributed by atoms with van der Waals surface area (Å²) in [5.41, 5.74) is 0.396. The van der Waals surface area contributed by atoms with E-state index in [0.717, 1.165) is 0 Å². The Kier molecular flexibility index (Phi) is 4.54. The van der Waals surface area contributed by atoms with Gasteiger partial charge in [-0.3, -0.25) is 4.72 Å². The summed E-state index contributed by atoms with van der Waals surface area (Å²) in [5, 5.41) is 8.64. The molecule has 0 aliphatic heterocycles. The van der Waals surface area contributed by atoms with E-state index in [1.54, 1.807) is 24.3 Å². The van der Waals surface area contributed by atoms with Crippen molar-refractivity contribution in [1.82, 2.24) is 0 Å². The van der Waals surface area contributed by atoms with Crippen molar-refractivity contribution in [3.8, 4) is 5.75 Å². The molecular formula is C14H17NO5S. The van der Waals surface area contributed by atoms with Gasteiger partial charge in [-0.05, 0) is 50.2 Å². The summed E-state index contributed by atoms with van der Waals surface area (Å²) in [5.74, 6) is 0.851. The first kappa shape index (κ1) is 15.4. The zero-order valence-corrected chi connectivity index (χ0v) is 12.6. The van der Waals surface area contributed by atoms with Crippen LogP contribution in [0.5, 0.6) is 5.75 Å². The van der Waals surface area contributed by atoms with E-state index >= 15 is 0 Å². The van der Waals surface area contributed by atoms with Crippen molar-refractivity contribution >= 4 is 15.7 Å². The lowest BCUT2D eigenvalue weighted by atomic mass is 10.3. The monoisotopic (exact) mass is 311 g/mol. The Hall–Kier alpha value is -1.99. The fourth-order valence-electron chi connectivity index (χ4n) is 1.67. The van der Waals surface area contributed by atoms with Crippen molar-refractivity contribution in [1.29, 1.82) is 0 Å². The first-order chi connectivity index (χ1) is 9.90. The van der Waals surface area contributed by atoms with Crippen LogP contribution in [-0.2, 0) is 16.6 Å². The number of aliphatic hydroxyl groups excluding tert-OH is 1. The normalized spacial score (nSPS) is 11.6. The Bertz CT molecular complexity index is 688. The summed E-state index contributed by atoms with van der Waals surface area (Å²) in [6, 6.07) is 9.27. The molecule has 1 aromatic heterocycles. The number of furan rings is 1. The van der Waals surface area contributed by atoms with E-state index < -0.39 is 10.0 Å². The van der Waals surface area contributed by atoms with Crippen molar-refractivity contribution in [3.05, 3.63) is 42.2 Å². The molecule has 0 bridgehead atoms. The summed E-state index contributed by atoms with van der Waals surface area (Å²) in [6.07, 6.45) is 0.0487. The predicted molar refractivity (Wildman–Crippen MR) is 77.6 cm³/mol. The van der Waals surface area contributed by atoms with Crippen LogP contribution in [-0.4, -0.2) is 19.6 Å².